The second-order valence-electron chi connectivity index (χ2n) is 4.97. The lowest BCUT2D eigenvalue weighted by molar-refractivity contribution is 0.0954. The normalized spacial score (nSPS) is 16.2. The van der Waals surface area contributed by atoms with Crippen molar-refractivity contribution in [3.8, 4) is 0 Å². The Morgan fingerprint density at radius 1 is 1.45 bits per heavy atom. The molecule has 0 fully saturated rings. The smallest absolute Gasteiger partial charge is 0.267 e. The van der Waals surface area contributed by atoms with Crippen LogP contribution in [0.2, 0.25) is 0 Å². The number of carbonyl (C=O) groups excluding carboxylic acids is 1. The van der Waals surface area contributed by atoms with E-state index in [1.807, 2.05) is 0 Å². The average Bonchev–Trinajstić information content (AvgIpc) is 2.93. The van der Waals surface area contributed by atoms with E-state index in [1.54, 1.807) is 24.5 Å². The van der Waals surface area contributed by atoms with Crippen molar-refractivity contribution in [3.05, 3.63) is 41.7 Å². The zero-order valence-corrected chi connectivity index (χ0v) is 11.9. The predicted molar refractivity (Wildman–Crippen MR) is 80.6 cm³/mol. The van der Waals surface area contributed by atoms with Crippen molar-refractivity contribution in [2.75, 3.05) is 0 Å². The summed E-state index contributed by atoms with van der Waals surface area (Å²) in [4.78, 5) is 15.8. The lowest BCUT2D eigenvalue weighted by atomic mass is 10.1. The monoisotopic (exact) mass is 271 g/mol. The van der Waals surface area contributed by atoms with Gasteiger partial charge in [-0.2, -0.15) is 5.10 Å². The SMILES string of the molecule is CCCCCC1=CCC/C1=N/NC(=O)c1cccnc1. The van der Waals surface area contributed by atoms with Crippen molar-refractivity contribution in [1.29, 1.82) is 0 Å². The second-order valence-corrected chi connectivity index (χ2v) is 4.97. The third kappa shape index (κ3) is 4.02. The van der Waals surface area contributed by atoms with Crippen molar-refractivity contribution in [3.63, 3.8) is 0 Å². The van der Waals surface area contributed by atoms with Crippen LogP contribution in [0.4, 0.5) is 0 Å². The number of hydrogen-bond donors (Lipinski definition) is 1. The first-order chi connectivity index (χ1) is 9.81. The van der Waals surface area contributed by atoms with Gasteiger partial charge in [0.05, 0.1) is 11.3 Å². The van der Waals surface area contributed by atoms with Crippen molar-refractivity contribution in [2.45, 2.75) is 45.4 Å². The summed E-state index contributed by atoms with van der Waals surface area (Å²) < 4.78 is 0. The molecule has 4 nitrogen and oxygen atoms in total. The first-order valence-corrected chi connectivity index (χ1v) is 7.27. The number of hydrogen-bond acceptors (Lipinski definition) is 3. The van der Waals surface area contributed by atoms with Crippen molar-refractivity contribution < 1.29 is 4.79 Å². The molecule has 4 heteroatoms. The third-order valence-corrected chi connectivity index (χ3v) is 3.41. The molecular formula is C16H21N3O. The van der Waals surface area contributed by atoms with Gasteiger partial charge < -0.3 is 0 Å². The Bertz CT molecular complexity index is 506. The first-order valence-electron chi connectivity index (χ1n) is 7.27. The quantitative estimate of drug-likeness (QED) is 0.636. The van der Waals surface area contributed by atoms with Gasteiger partial charge in [-0.1, -0.05) is 25.8 Å². The highest BCUT2D eigenvalue weighted by Gasteiger charge is 2.13. The molecule has 1 N–H and O–H groups in total. The van der Waals surface area contributed by atoms with E-state index in [4.69, 9.17) is 0 Å². The Kier molecular flexibility index (Phi) is 5.47. The van der Waals surface area contributed by atoms with Crippen LogP contribution in [-0.4, -0.2) is 16.6 Å². The van der Waals surface area contributed by atoms with Crippen LogP contribution in [0.5, 0.6) is 0 Å². The minimum atomic E-state index is -0.203. The highest BCUT2D eigenvalue weighted by Crippen LogP contribution is 2.21. The largest absolute Gasteiger partial charge is 0.272 e. The Balaban J connectivity index is 1.90. The van der Waals surface area contributed by atoms with Gasteiger partial charge in [0.2, 0.25) is 0 Å². The predicted octanol–water partition coefficient (Wildman–Crippen LogP) is 3.47. The van der Waals surface area contributed by atoms with Crippen molar-refractivity contribution >= 4 is 11.6 Å². The van der Waals surface area contributed by atoms with Crippen molar-refractivity contribution in [1.82, 2.24) is 10.4 Å². The molecule has 0 saturated carbocycles. The molecule has 0 spiro atoms. The van der Waals surface area contributed by atoms with E-state index in [-0.39, 0.29) is 5.91 Å². The van der Waals surface area contributed by atoms with Crippen LogP contribution in [0.1, 0.15) is 55.8 Å². The van der Waals surface area contributed by atoms with Crippen LogP contribution in [0.3, 0.4) is 0 Å². The number of nitrogens with zero attached hydrogens (tertiary/aromatic N) is 2. The number of allylic oxidation sites excluding steroid dienone is 2. The molecule has 1 aromatic rings. The maximum atomic E-state index is 11.9. The molecule has 1 heterocycles. The second kappa shape index (κ2) is 7.58. The molecule has 0 bridgehead atoms. The molecule has 1 aromatic heterocycles. The Labute approximate surface area is 120 Å². The Morgan fingerprint density at radius 2 is 2.35 bits per heavy atom. The van der Waals surface area contributed by atoms with Gasteiger partial charge in [-0.05, 0) is 43.4 Å². The molecule has 20 heavy (non-hydrogen) atoms. The van der Waals surface area contributed by atoms with Gasteiger partial charge in [-0.15, -0.1) is 0 Å². The van der Waals surface area contributed by atoms with Crippen LogP contribution in [0.25, 0.3) is 0 Å². The minimum Gasteiger partial charge on any atom is -0.267 e. The zero-order chi connectivity index (χ0) is 14.2. The molecule has 2 rings (SSSR count). The topological polar surface area (TPSA) is 54.4 Å². The molecule has 0 atom stereocenters. The molecular weight excluding hydrogens is 250 g/mol. The maximum absolute atomic E-state index is 11.9. The van der Waals surface area contributed by atoms with E-state index < -0.39 is 0 Å². The molecule has 1 amide bonds. The van der Waals surface area contributed by atoms with Gasteiger partial charge >= 0.3 is 0 Å². The zero-order valence-electron chi connectivity index (χ0n) is 11.9. The summed E-state index contributed by atoms with van der Waals surface area (Å²) in [6.07, 6.45) is 12.1. The van der Waals surface area contributed by atoms with Crippen LogP contribution in [0.15, 0.2) is 41.3 Å². The molecule has 0 saturated heterocycles. The minimum absolute atomic E-state index is 0.203. The summed E-state index contributed by atoms with van der Waals surface area (Å²) in [5.74, 6) is -0.203. The number of amides is 1. The average molecular weight is 271 g/mol. The lowest BCUT2D eigenvalue weighted by Gasteiger charge is -2.05. The highest BCUT2D eigenvalue weighted by atomic mass is 16.2. The first kappa shape index (κ1) is 14.4. The third-order valence-electron chi connectivity index (χ3n) is 3.41. The fraction of sp³-hybridized carbons (Fsp3) is 0.438. The van der Waals surface area contributed by atoms with Gasteiger partial charge in [-0.3, -0.25) is 9.78 Å². The van der Waals surface area contributed by atoms with Crippen molar-refractivity contribution in [2.24, 2.45) is 5.10 Å². The summed E-state index contributed by atoms with van der Waals surface area (Å²) in [7, 11) is 0. The van der Waals surface area contributed by atoms with Gasteiger partial charge in [0.25, 0.3) is 5.91 Å². The van der Waals surface area contributed by atoms with E-state index in [2.05, 4.69) is 28.5 Å². The fourth-order valence-corrected chi connectivity index (χ4v) is 2.28. The number of hydrazone groups is 1. The summed E-state index contributed by atoms with van der Waals surface area (Å²) >= 11 is 0. The highest BCUT2D eigenvalue weighted by molar-refractivity contribution is 6.03. The van der Waals surface area contributed by atoms with E-state index in [0.717, 1.165) is 25.0 Å². The van der Waals surface area contributed by atoms with Gasteiger partial charge in [0.15, 0.2) is 0 Å². The van der Waals surface area contributed by atoms with Gasteiger partial charge in [-0.25, -0.2) is 5.43 Å². The van der Waals surface area contributed by atoms with Crippen LogP contribution >= 0.6 is 0 Å². The number of rotatable bonds is 6. The standard InChI is InChI=1S/C16H21N3O/c1-2-3-4-7-13-8-5-10-15(13)18-19-16(20)14-9-6-11-17-12-14/h6,8-9,11-12H,2-5,7,10H2,1H3,(H,19,20)/b18-15-. The summed E-state index contributed by atoms with van der Waals surface area (Å²) in [6.45, 7) is 2.20. The fourth-order valence-electron chi connectivity index (χ4n) is 2.28. The van der Waals surface area contributed by atoms with E-state index in [9.17, 15) is 4.79 Å². The molecule has 0 aromatic carbocycles. The molecule has 1 aliphatic carbocycles. The van der Waals surface area contributed by atoms with Gasteiger partial charge in [0.1, 0.15) is 0 Å². The Morgan fingerprint density at radius 3 is 3.10 bits per heavy atom. The molecule has 0 radical (unpaired) electrons. The Hall–Kier alpha value is -1.97. The van der Waals surface area contributed by atoms with E-state index in [0.29, 0.717) is 5.56 Å². The maximum Gasteiger partial charge on any atom is 0.272 e. The molecule has 0 aliphatic heterocycles. The number of pyridine rings is 1. The van der Waals surface area contributed by atoms with Crippen LogP contribution < -0.4 is 5.43 Å². The lowest BCUT2D eigenvalue weighted by Crippen LogP contribution is -2.19. The summed E-state index contributed by atoms with van der Waals surface area (Å²) in [5, 5.41) is 4.28. The number of aromatic nitrogens is 1. The van der Waals surface area contributed by atoms with Crippen LogP contribution in [0, 0.1) is 0 Å². The van der Waals surface area contributed by atoms with E-state index >= 15 is 0 Å². The summed E-state index contributed by atoms with van der Waals surface area (Å²) in [6, 6.07) is 3.48. The number of nitrogens with one attached hydrogen (secondary N) is 1. The summed E-state index contributed by atoms with van der Waals surface area (Å²) in [5.41, 5.74) is 5.49. The molecule has 0 unspecified atom stereocenters. The molecule has 1 aliphatic rings. The number of carbonyl (C=O) groups is 1. The van der Waals surface area contributed by atoms with Gasteiger partial charge in [0, 0.05) is 12.4 Å². The number of unbranched alkanes of at least 4 members (excludes halogenated alkanes) is 2. The van der Waals surface area contributed by atoms with Crippen LogP contribution in [-0.2, 0) is 0 Å². The van der Waals surface area contributed by atoms with E-state index in [1.165, 1.54) is 24.8 Å². The molecule has 106 valence electrons.